The van der Waals surface area contributed by atoms with E-state index in [4.69, 9.17) is 5.26 Å². The molecule has 0 aliphatic heterocycles. The molecule has 3 aromatic rings. The number of nitro groups is 1. The maximum Gasteiger partial charge on any atom is 0.287 e. The summed E-state index contributed by atoms with van der Waals surface area (Å²) in [5, 5.41) is 20.1. The van der Waals surface area contributed by atoms with Crippen LogP contribution in [-0.2, 0) is 0 Å². The Hall–Kier alpha value is -3.10. The molecule has 0 saturated carbocycles. The molecule has 0 atom stereocenters. The summed E-state index contributed by atoms with van der Waals surface area (Å²) in [7, 11) is 0. The predicted octanol–water partition coefficient (Wildman–Crippen LogP) is 5.28. The second kappa shape index (κ2) is 6.99. The predicted molar refractivity (Wildman–Crippen MR) is 93.8 cm³/mol. The van der Waals surface area contributed by atoms with Gasteiger partial charge in [-0.1, -0.05) is 60.3 Å². The molecule has 3 rings (SSSR count). The number of nitrogens with zero attached hydrogens (tertiary/aromatic N) is 2. The van der Waals surface area contributed by atoms with E-state index in [0.717, 1.165) is 20.9 Å². The molecule has 5 heteroatoms. The Kier molecular flexibility index (Phi) is 4.59. The quantitative estimate of drug-likeness (QED) is 0.481. The van der Waals surface area contributed by atoms with Crippen LogP contribution < -0.4 is 0 Å². The van der Waals surface area contributed by atoms with Crippen molar-refractivity contribution in [1.29, 1.82) is 5.26 Å². The van der Waals surface area contributed by atoms with Crippen molar-refractivity contribution in [2.24, 2.45) is 0 Å². The van der Waals surface area contributed by atoms with Crippen molar-refractivity contribution in [2.45, 2.75) is 9.79 Å². The Balaban J connectivity index is 1.99. The van der Waals surface area contributed by atoms with Gasteiger partial charge in [0.1, 0.15) is 11.6 Å². The monoisotopic (exact) mass is 332 g/mol. The number of rotatable bonds is 4. The van der Waals surface area contributed by atoms with Crippen molar-refractivity contribution in [3.63, 3.8) is 0 Å². The van der Waals surface area contributed by atoms with Gasteiger partial charge in [0.15, 0.2) is 0 Å². The van der Waals surface area contributed by atoms with Crippen molar-refractivity contribution in [1.82, 2.24) is 0 Å². The fourth-order valence-electron chi connectivity index (χ4n) is 2.37. The van der Waals surface area contributed by atoms with Crippen LogP contribution in [0, 0.1) is 21.4 Å². The highest BCUT2D eigenvalue weighted by Gasteiger charge is 2.15. The third-order valence-electron chi connectivity index (χ3n) is 3.48. The first-order valence-electron chi connectivity index (χ1n) is 7.20. The van der Waals surface area contributed by atoms with Crippen LogP contribution in [0.15, 0.2) is 82.6 Å². The first kappa shape index (κ1) is 15.8. The second-order valence-corrected chi connectivity index (χ2v) is 6.13. The van der Waals surface area contributed by atoms with Gasteiger partial charge in [-0.3, -0.25) is 10.1 Å². The molecule has 0 heterocycles. The molecule has 0 unspecified atom stereocenters. The van der Waals surface area contributed by atoms with E-state index >= 15 is 0 Å². The lowest BCUT2D eigenvalue weighted by Gasteiger charge is -2.09. The SMILES string of the molecule is N#Cc1cc(Sc2ccccc2-c2ccccc2)ccc1[N+](=O)[O-]. The van der Waals surface area contributed by atoms with Crippen molar-refractivity contribution < 1.29 is 4.92 Å². The van der Waals surface area contributed by atoms with Crippen LogP contribution in [0.1, 0.15) is 5.56 Å². The van der Waals surface area contributed by atoms with Gasteiger partial charge < -0.3 is 0 Å². The Morgan fingerprint density at radius 3 is 2.38 bits per heavy atom. The van der Waals surface area contributed by atoms with Crippen molar-refractivity contribution in [2.75, 3.05) is 0 Å². The lowest BCUT2D eigenvalue weighted by Crippen LogP contribution is -1.92. The fourth-order valence-corrected chi connectivity index (χ4v) is 3.38. The summed E-state index contributed by atoms with van der Waals surface area (Å²) >= 11 is 1.49. The minimum absolute atomic E-state index is 0.0715. The normalized spacial score (nSPS) is 10.1. The van der Waals surface area contributed by atoms with E-state index < -0.39 is 4.92 Å². The molecule has 0 amide bonds. The molecule has 0 aliphatic rings. The van der Waals surface area contributed by atoms with Gasteiger partial charge >= 0.3 is 0 Å². The summed E-state index contributed by atoms with van der Waals surface area (Å²) in [5.41, 5.74) is 2.09. The van der Waals surface area contributed by atoms with Crippen molar-refractivity contribution >= 4 is 17.4 Å². The average Bonchev–Trinajstić information content (AvgIpc) is 2.62. The Bertz CT molecular complexity index is 934. The summed E-state index contributed by atoms with van der Waals surface area (Å²) in [6.07, 6.45) is 0. The summed E-state index contributed by atoms with van der Waals surface area (Å²) in [4.78, 5) is 12.2. The van der Waals surface area contributed by atoms with Crippen LogP contribution in [-0.4, -0.2) is 4.92 Å². The molecule has 24 heavy (non-hydrogen) atoms. The number of benzene rings is 3. The van der Waals surface area contributed by atoms with Crippen molar-refractivity contribution in [3.8, 4) is 17.2 Å². The molecule has 116 valence electrons. The van der Waals surface area contributed by atoms with Crippen LogP contribution in [0.3, 0.4) is 0 Å². The Morgan fingerprint density at radius 1 is 0.958 bits per heavy atom. The minimum atomic E-state index is -0.537. The Labute approximate surface area is 143 Å². The lowest BCUT2D eigenvalue weighted by atomic mass is 10.1. The topological polar surface area (TPSA) is 66.9 Å². The average molecular weight is 332 g/mol. The van der Waals surface area contributed by atoms with E-state index in [9.17, 15) is 10.1 Å². The first-order chi connectivity index (χ1) is 11.7. The second-order valence-electron chi connectivity index (χ2n) is 5.01. The molecule has 0 saturated heterocycles. The molecular weight excluding hydrogens is 320 g/mol. The van der Waals surface area contributed by atoms with E-state index in [2.05, 4.69) is 0 Å². The van der Waals surface area contributed by atoms with Gasteiger partial charge in [0, 0.05) is 15.9 Å². The largest absolute Gasteiger partial charge is 0.287 e. The number of hydrogen-bond acceptors (Lipinski definition) is 4. The van der Waals surface area contributed by atoms with E-state index in [1.165, 1.54) is 17.8 Å². The van der Waals surface area contributed by atoms with E-state index in [1.807, 2.05) is 60.7 Å². The van der Waals surface area contributed by atoms with Gasteiger partial charge in [0.2, 0.25) is 0 Å². The fraction of sp³-hybridized carbons (Fsp3) is 0. The summed E-state index contributed by atoms with van der Waals surface area (Å²) < 4.78 is 0. The molecule has 0 N–H and O–H groups in total. The van der Waals surface area contributed by atoms with Gasteiger partial charge in [-0.05, 0) is 29.3 Å². The van der Waals surface area contributed by atoms with Gasteiger partial charge in [0.25, 0.3) is 5.69 Å². The molecule has 0 aliphatic carbocycles. The molecule has 3 aromatic carbocycles. The number of nitriles is 1. The summed E-state index contributed by atoms with van der Waals surface area (Å²) in [6.45, 7) is 0. The Morgan fingerprint density at radius 2 is 1.67 bits per heavy atom. The molecule has 0 spiro atoms. The molecule has 4 nitrogen and oxygen atoms in total. The number of nitro benzene ring substituents is 1. The van der Waals surface area contributed by atoms with E-state index in [1.54, 1.807) is 12.1 Å². The molecular formula is C19H12N2O2S. The number of hydrogen-bond donors (Lipinski definition) is 0. The minimum Gasteiger partial charge on any atom is -0.258 e. The zero-order valence-electron chi connectivity index (χ0n) is 12.5. The molecule has 0 bridgehead atoms. The standard InChI is InChI=1S/C19H12N2O2S/c20-13-15-12-16(10-11-18(15)21(22)23)24-19-9-5-4-8-17(19)14-6-2-1-3-7-14/h1-12H. The summed E-state index contributed by atoms with van der Waals surface area (Å²) in [6, 6.07) is 24.5. The van der Waals surface area contributed by atoms with E-state index in [0.29, 0.717) is 0 Å². The molecule has 0 radical (unpaired) electrons. The van der Waals surface area contributed by atoms with Gasteiger partial charge in [-0.25, -0.2) is 0 Å². The highest BCUT2D eigenvalue weighted by Crippen LogP contribution is 2.37. The highest BCUT2D eigenvalue weighted by atomic mass is 32.2. The van der Waals surface area contributed by atoms with Crippen LogP contribution in [0.4, 0.5) is 5.69 Å². The molecule has 0 aromatic heterocycles. The first-order valence-corrected chi connectivity index (χ1v) is 8.01. The maximum absolute atomic E-state index is 10.9. The van der Waals surface area contributed by atoms with Crippen LogP contribution in [0.5, 0.6) is 0 Å². The zero-order valence-corrected chi connectivity index (χ0v) is 13.4. The molecule has 0 fully saturated rings. The zero-order chi connectivity index (χ0) is 16.9. The van der Waals surface area contributed by atoms with Crippen LogP contribution in [0.25, 0.3) is 11.1 Å². The van der Waals surface area contributed by atoms with Crippen molar-refractivity contribution in [3.05, 3.63) is 88.5 Å². The lowest BCUT2D eigenvalue weighted by molar-refractivity contribution is -0.385. The third-order valence-corrected chi connectivity index (χ3v) is 4.55. The van der Waals surface area contributed by atoms with Crippen LogP contribution >= 0.6 is 11.8 Å². The third kappa shape index (κ3) is 3.29. The maximum atomic E-state index is 10.9. The van der Waals surface area contributed by atoms with E-state index in [-0.39, 0.29) is 11.3 Å². The van der Waals surface area contributed by atoms with Crippen LogP contribution in [0.2, 0.25) is 0 Å². The van der Waals surface area contributed by atoms with Gasteiger partial charge in [0.05, 0.1) is 4.92 Å². The smallest absolute Gasteiger partial charge is 0.258 e. The van der Waals surface area contributed by atoms with Gasteiger partial charge in [-0.2, -0.15) is 5.26 Å². The summed E-state index contributed by atoms with van der Waals surface area (Å²) in [5.74, 6) is 0. The van der Waals surface area contributed by atoms with Gasteiger partial charge in [-0.15, -0.1) is 0 Å². The highest BCUT2D eigenvalue weighted by molar-refractivity contribution is 7.99.